The fourth-order valence-electron chi connectivity index (χ4n) is 1.47. The normalized spacial score (nSPS) is 11.6. The Balaban J connectivity index is 2.53. The van der Waals surface area contributed by atoms with Crippen molar-refractivity contribution in [1.29, 1.82) is 0 Å². The number of hydrogen-bond acceptors (Lipinski definition) is 2. The number of hydrogen-bond donors (Lipinski definition) is 1. The molecule has 0 aliphatic rings. The maximum atomic E-state index is 12.6. The van der Waals surface area contributed by atoms with E-state index in [1.165, 1.54) is 6.07 Å². The van der Waals surface area contributed by atoms with Crippen LogP contribution in [0.3, 0.4) is 0 Å². The smallest absolute Gasteiger partial charge is 0.397 e. The fraction of sp³-hybridized carbons (Fsp3) is 0.0833. The van der Waals surface area contributed by atoms with E-state index in [1.807, 2.05) is 0 Å². The number of halogens is 4. The molecule has 2 nitrogen and oxygen atoms in total. The highest BCUT2D eigenvalue weighted by Gasteiger charge is 2.32. The van der Waals surface area contributed by atoms with E-state index in [4.69, 9.17) is 17.3 Å². The highest BCUT2D eigenvalue weighted by Crippen LogP contribution is 2.32. The van der Waals surface area contributed by atoms with Crippen molar-refractivity contribution in [2.24, 2.45) is 0 Å². The van der Waals surface area contributed by atoms with Gasteiger partial charge in [-0.25, -0.2) is 4.98 Å². The summed E-state index contributed by atoms with van der Waals surface area (Å²) in [5.74, 6) is 0. The molecule has 0 aliphatic carbocycles. The van der Waals surface area contributed by atoms with E-state index < -0.39 is 11.9 Å². The predicted octanol–water partition coefficient (Wildman–Crippen LogP) is 4.00. The third kappa shape index (κ3) is 2.56. The molecule has 2 aromatic rings. The minimum atomic E-state index is -4.49. The minimum Gasteiger partial charge on any atom is -0.397 e. The van der Waals surface area contributed by atoms with E-state index in [1.54, 1.807) is 24.3 Å². The molecule has 1 aromatic heterocycles. The largest absolute Gasteiger partial charge is 0.433 e. The summed E-state index contributed by atoms with van der Waals surface area (Å²) >= 11 is 5.71. The summed E-state index contributed by atoms with van der Waals surface area (Å²) in [6.45, 7) is 0. The molecule has 2 N–H and O–H groups in total. The fourth-order valence-corrected chi connectivity index (χ4v) is 1.59. The summed E-state index contributed by atoms with van der Waals surface area (Å²) in [5.41, 5.74) is 5.44. The molecule has 1 aromatic carbocycles. The van der Waals surface area contributed by atoms with E-state index in [0.29, 0.717) is 10.6 Å². The molecule has 18 heavy (non-hydrogen) atoms. The summed E-state index contributed by atoms with van der Waals surface area (Å²) in [4.78, 5) is 3.55. The first-order valence-electron chi connectivity index (χ1n) is 4.97. The topological polar surface area (TPSA) is 38.9 Å². The Hall–Kier alpha value is -1.75. The number of anilines is 1. The second-order valence-corrected chi connectivity index (χ2v) is 4.08. The Kier molecular flexibility index (Phi) is 3.17. The molecular weight excluding hydrogens is 265 g/mol. The van der Waals surface area contributed by atoms with Gasteiger partial charge in [-0.3, -0.25) is 0 Å². The number of benzene rings is 1. The van der Waals surface area contributed by atoms with Gasteiger partial charge in [-0.05, 0) is 24.3 Å². The first kappa shape index (κ1) is 12.7. The van der Waals surface area contributed by atoms with Gasteiger partial charge in [-0.2, -0.15) is 13.2 Å². The van der Waals surface area contributed by atoms with Crippen molar-refractivity contribution >= 4 is 17.3 Å². The quantitative estimate of drug-likeness (QED) is 0.852. The van der Waals surface area contributed by atoms with Crippen LogP contribution in [0.1, 0.15) is 5.69 Å². The monoisotopic (exact) mass is 272 g/mol. The highest BCUT2D eigenvalue weighted by molar-refractivity contribution is 6.30. The molecule has 0 radical (unpaired) electrons. The molecule has 0 atom stereocenters. The lowest BCUT2D eigenvalue weighted by molar-refractivity contribution is -0.141. The summed E-state index contributed by atoms with van der Waals surface area (Å²) in [6.07, 6.45) is -4.49. The van der Waals surface area contributed by atoms with Crippen molar-refractivity contribution in [1.82, 2.24) is 4.98 Å². The van der Waals surface area contributed by atoms with Crippen LogP contribution in [0, 0.1) is 0 Å². The third-order valence-corrected chi connectivity index (χ3v) is 2.59. The minimum absolute atomic E-state index is 0.0986. The number of aromatic nitrogens is 1. The second kappa shape index (κ2) is 4.49. The number of nitrogens with zero attached hydrogens (tertiary/aromatic N) is 1. The molecule has 2 rings (SSSR count). The van der Waals surface area contributed by atoms with E-state index in [2.05, 4.69) is 4.98 Å². The van der Waals surface area contributed by atoms with Gasteiger partial charge in [0.1, 0.15) is 5.69 Å². The number of nitrogen functional groups attached to an aromatic ring is 1. The van der Waals surface area contributed by atoms with Gasteiger partial charge in [0.05, 0.1) is 11.4 Å². The summed E-state index contributed by atoms with van der Waals surface area (Å²) < 4.78 is 37.7. The van der Waals surface area contributed by atoms with E-state index in [0.717, 1.165) is 6.07 Å². The van der Waals surface area contributed by atoms with Gasteiger partial charge in [-0.15, -0.1) is 0 Å². The van der Waals surface area contributed by atoms with E-state index in [-0.39, 0.29) is 11.4 Å². The van der Waals surface area contributed by atoms with Crippen LogP contribution in [0.15, 0.2) is 36.4 Å². The van der Waals surface area contributed by atoms with Crippen LogP contribution in [0.5, 0.6) is 0 Å². The first-order chi connectivity index (χ1) is 8.38. The Bertz CT molecular complexity index is 565. The first-order valence-corrected chi connectivity index (χ1v) is 5.35. The average Bonchev–Trinajstić information content (AvgIpc) is 2.29. The summed E-state index contributed by atoms with van der Waals surface area (Å²) in [5, 5.41) is 0.490. The van der Waals surface area contributed by atoms with Crippen LogP contribution in [-0.4, -0.2) is 4.98 Å². The SMILES string of the molecule is Nc1ccc(C(F)(F)F)nc1-c1ccc(Cl)cc1. The number of pyridine rings is 1. The second-order valence-electron chi connectivity index (χ2n) is 3.64. The van der Waals surface area contributed by atoms with Gasteiger partial charge in [0.15, 0.2) is 0 Å². The Morgan fingerprint density at radius 2 is 1.61 bits per heavy atom. The lowest BCUT2D eigenvalue weighted by atomic mass is 10.1. The van der Waals surface area contributed by atoms with Crippen molar-refractivity contribution in [3.63, 3.8) is 0 Å². The van der Waals surface area contributed by atoms with E-state index >= 15 is 0 Å². The van der Waals surface area contributed by atoms with Gasteiger partial charge in [0.25, 0.3) is 0 Å². The molecule has 0 spiro atoms. The van der Waals surface area contributed by atoms with E-state index in [9.17, 15) is 13.2 Å². The molecule has 0 saturated carbocycles. The van der Waals surface area contributed by atoms with Crippen molar-refractivity contribution < 1.29 is 13.2 Å². The average molecular weight is 273 g/mol. The van der Waals surface area contributed by atoms with Gasteiger partial charge in [0, 0.05) is 10.6 Å². The van der Waals surface area contributed by atoms with Gasteiger partial charge in [0.2, 0.25) is 0 Å². The molecule has 0 amide bonds. The third-order valence-electron chi connectivity index (χ3n) is 2.33. The Morgan fingerprint density at radius 3 is 2.17 bits per heavy atom. The molecule has 0 fully saturated rings. The Morgan fingerprint density at radius 1 is 1.00 bits per heavy atom. The lowest BCUT2D eigenvalue weighted by Crippen LogP contribution is -2.09. The van der Waals surface area contributed by atoms with Crippen molar-refractivity contribution in [3.05, 3.63) is 47.1 Å². The van der Waals surface area contributed by atoms with Crippen LogP contribution in [0.2, 0.25) is 5.02 Å². The molecule has 6 heteroatoms. The summed E-state index contributed by atoms with van der Waals surface area (Å²) in [6, 6.07) is 8.33. The van der Waals surface area contributed by atoms with Crippen LogP contribution in [-0.2, 0) is 6.18 Å². The highest BCUT2D eigenvalue weighted by atomic mass is 35.5. The zero-order valence-electron chi connectivity index (χ0n) is 9.00. The molecule has 1 heterocycles. The predicted molar refractivity (Wildman–Crippen MR) is 64.1 cm³/mol. The number of rotatable bonds is 1. The van der Waals surface area contributed by atoms with Crippen molar-refractivity contribution in [3.8, 4) is 11.3 Å². The maximum absolute atomic E-state index is 12.6. The van der Waals surface area contributed by atoms with Crippen LogP contribution in [0.4, 0.5) is 18.9 Å². The van der Waals surface area contributed by atoms with Crippen LogP contribution < -0.4 is 5.73 Å². The lowest BCUT2D eigenvalue weighted by Gasteiger charge is -2.10. The maximum Gasteiger partial charge on any atom is 0.433 e. The van der Waals surface area contributed by atoms with Crippen molar-refractivity contribution in [2.75, 3.05) is 5.73 Å². The number of alkyl halides is 3. The Labute approximate surface area is 106 Å². The number of nitrogens with two attached hydrogens (primary N) is 1. The molecule has 0 aliphatic heterocycles. The zero-order chi connectivity index (χ0) is 13.3. The van der Waals surface area contributed by atoms with Crippen molar-refractivity contribution in [2.45, 2.75) is 6.18 Å². The van der Waals surface area contributed by atoms with Gasteiger partial charge in [-0.1, -0.05) is 23.7 Å². The van der Waals surface area contributed by atoms with Gasteiger partial charge < -0.3 is 5.73 Å². The standard InChI is InChI=1S/C12H8ClF3N2/c13-8-3-1-7(2-4-8)11-9(17)5-6-10(18-11)12(14,15)16/h1-6H,17H2. The zero-order valence-corrected chi connectivity index (χ0v) is 9.76. The molecule has 0 bridgehead atoms. The van der Waals surface area contributed by atoms with Gasteiger partial charge >= 0.3 is 6.18 Å². The molecule has 0 unspecified atom stereocenters. The van der Waals surface area contributed by atoms with Crippen LogP contribution in [0.25, 0.3) is 11.3 Å². The molecule has 0 saturated heterocycles. The summed E-state index contributed by atoms with van der Waals surface area (Å²) in [7, 11) is 0. The molecular formula is C12H8ClF3N2. The molecule has 94 valence electrons. The van der Waals surface area contributed by atoms with Crippen LogP contribution >= 0.6 is 11.6 Å².